The summed E-state index contributed by atoms with van der Waals surface area (Å²) in [5.41, 5.74) is 0. The molecular weight excluding hydrogens is 194 g/mol. The van der Waals surface area contributed by atoms with Gasteiger partial charge in [0.15, 0.2) is 5.11 Å². The Labute approximate surface area is 92.4 Å². The Morgan fingerprint density at radius 1 is 1.50 bits per heavy atom. The van der Waals surface area contributed by atoms with E-state index in [0.29, 0.717) is 6.04 Å². The van der Waals surface area contributed by atoms with E-state index in [1.54, 1.807) is 0 Å². The van der Waals surface area contributed by atoms with Crippen LogP contribution in [0.4, 0.5) is 0 Å². The molecule has 1 aliphatic heterocycles. The van der Waals surface area contributed by atoms with Gasteiger partial charge in [0.1, 0.15) is 0 Å². The third kappa shape index (κ3) is 2.82. The molecule has 1 fully saturated rings. The van der Waals surface area contributed by atoms with Crippen LogP contribution in [0, 0.1) is 0 Å². The van der Waals surface area contributed by atoms with Gasteiger partial charge in [-0.3, -0.25) is 0 Å². The van der Waals surface area contributed by atoms with Crippen LogP contribution in [-0.4, -0.2) is 54.7 Å². The monoisotopic (exact) mass is 215 g/mol. The highest BCUT2D eigenvalue weighted by Gasteiger charge is 2.22. The summed E-state index contributed by atoms with van der Waals surface area (Å²) in [6, 6.07) is 0.623. The van der Waals surface area contributed by atoms with Crippen LogP contribution in [0.1, 0.15) is 19.8 Å². The van der Waals surface area contributed by atoms with Gasteiger partial charge in [-0.1, -0.05) is 6.92 Å². The Morgan fingerprint density at radius 3 is 2.50 bits per heavy atom. The normalized spacial score (nSPS) is 19.4. The van der Waals surface area contributed by atoms with Gasteiger partial charge in [-0.2, -0.15) is 0 Å². The second kappa shape index (κ2) is 5.51. The van der Waals surface area contributed by atoms with Gasteiger partial charge in [-0.05, 0) is 31.6 Å². The molecule has 1 aliphatic rings. The maximum absolute atomic E-state index is 5.22. The Bertz CT molecular complexity index is 188. The lowest BCUT2D eigenvalue weighted by molar-refractivity contribution is 0.171. The summed E-state index contributed by atoms with van der Waals surface area (Å²) in [5.74, 6) is 0. The Balaban J connectivity index is 2.37. The van der Waals surface area contributed by atoms with E-state index in [1.807, 2.05) is 7.05 Å². The van der Waals surface area contributed by atoms with Crippen molar-refractivity contribution in [1.82, 2.24) is 15.1 Å². The van der Waals surface area contributed by atoms with Crippen LogP contribution in [0.15, 0.2) is 0 Å². The van der Waals surface area contributed by atoms with Crippen molar-refractivity contribution >= 4 is 17.3 Å². The molecule has 0 spiro atoms. The fourth-order valence-electron chi connectivity index (χ4n) is 1.97. The van der Waals surface area contributed by atoms with Crippen LogP contribution in [0.2, 0.25) is 0 Å². The molecule has 0 aliphatic carbocycles. The molecule has 0 unspecified atom stereocenters. The number of hydrogen-bond donors (Lipinski definition) is 1. The van der Waals surface area contributed by atoms with Crippen molar-refractivity contribution in [3.63, 3.8) is 0 Å². The zero-order valence-corrected chi connectivity index (χ0v) is 10.2. The minimum absolute atomic E-state index is 0.623. The fraction of sp³-hybridized carbons (Fsp3) is 0.900. The number of thiocarbonyl (C=S) groups is 1. The predicted molar refractivity (Wildman–Crippen MR) is 64.6 cm³/mol. The maximum atomic E-state index is 5.22. The molecule has 1 N–H and O–H groups in total. The molecule has 1 heterocycles. The average molecular weight is 215 g/mol. The molecule has 0 aromatic rings. The summed E-state index contributed by atoms with van der Waals surface area (Å²) in [4.78, 5) is 4.69. The SMILES string of the molecule is CCN1CCC(N(C)C(=S)NC)CC1. The van der Waals surface area contributed by atoms with E-state index in [1.165, 1.54) is 32.5 Å². The largest absolute Gasteiger partial charge is 0.366 e. The Hall–Kier alpha value is -0.350. The number of nitrogens with one attached hydrogen (secondary N) is 1. The first kappa shape index (κ1) is 11.7. The first-order valence-corrected chi connectivity index (χ1v) is 5.76. The minimum Gasteiger partial charge on any atom is -0.366 e. The molecule has 1 saturated heterocycles. The van der Waals surface area contributed by atoms with Crippen molar-refractivity contribution in [3.8, 4) is 0 Å². The zero-order chi connectivity index (χ0) is 10.6. The van der Waals surface area contributed by atoms with Gasteiger partial charge in [0, 0.05) is 33.2 Å². The molecule has 0 aromatic carbocycles. The van der Waals surface area contributed by atoms with E-state index in [9.17, 15) is 0 Å². The molecule has 0 atom stereocenters. The predicted octanol–water partition coefficient (Wildman–Crippen LogP) is 0.907. The molecule has 0 saturated carbocycles. The maximum Gasteiger partial charge on any atom is 0.168 e. The van der Waals surface area contributed by atoms with Gasteiger partial charge >= 0.3 is 0 Å². The first-order valence-electron chi connectivity index (χ1n) is 5.36. The van der Waals surface area contributed by atoms with Crippen LogP contribution < -0.4 is 5.32 Å². The topological polar surface area (TPSA) is 18.5 Å². The van der Waals surface area contributed by atoms with Crippen LogP contribution >= 0.6 is 12.2 Å². The van der Waals surface area contributed by atoms with E-state index in [-0.39, 0.29) is 0 Å². The second-order valence-electron chi connectivity index (χ2n) is 3.83. The quantitative estimate of drug-likeness (QED) is 0.690. The van der Waals surface area contributed by atoms with Crippen LogP contribution in [0.5, 0.6) is 0 Å². The van der Waals surface area contributed by atoms with Gasteiger partial charge < -0.3 is 15.1 Å². The summed E-state index contributed by atoms with van der Waals surface area (Å²) in [6.45, 7) is 5.81. The lowest BCUT2D eigenvalue weighted by atomic mass is 10.0. The van der Waals surface area contributed by atoms with E-state index in [2.05, 4.69) is 29.1 Å². The summed E-state index contributed by atoms with van der Waals surface area (Å²) < 4.78 is 0. The molecule has 14 heavy (non-hydrogen) atoms. The van der Waals surface area contributed by atoms with Crippen molar-refractivity contribution in [3.05, 3.63) is 0 Å². The van der Waals surface area contributed by atoms with E-state index < -0.39 is 0 Å². The van der Waals surface area contributed by atoms with Gasteiger partial charge in [0.05, 0.1) is 0 Å². The van der Waals surface area contributed by atoms with Crippen molar-refractivity contribution in [2.75, 3.05) is 33.7 Å². The standard InChI is InChI=1S/C10H21N3S/c1-4-13-7-5-9(6-8-13)12(3)10(14)11-2/h9H,4-8H2,1-3H3,(H,11,14). The third-order valence-electron chi connectivity index (χ3n) is 3.09. The summed E-state index contributed by atoms with van der Waals surface area (Å²) in [5, 5.41) is 3.89. The molecule has 1 rings (SSSR count). The highest BCUT2D eigenvalue weighted by atomic mass is 32.1. The molecule has 0 radical (unpaired) electrons. The van der Waals surface area contributed by atoms with E-state index in [0.717, 1.165) is 5.11 Å². The highest BCUT2D eigenvalue weighted by molar-refractivity contribution is 7.80. The molecule has 4 heteroatoms. The summed E-state index contributed by atoms with van der Waals surface area (Å²) in [6.07, 6.45) is 2.46. The van der Waals surface area contributed by atoms with Gasteiger partial charge in [-0.25, -0.2) is 0 Å². The summed E-state index contributed by atoms with van der Waals surface area (Å²) >= 11 is 5.22. The lowest BCUT2D eigenvalue weighted by Crippen LogP contribution is -2.47. The van der Waals surface area contributed by atoms with Crippen LogP contribution in [0.25, 0.3) is 0 Å². The summed E-state index contributed by atoms with van der Waals surface area (Å²) in [7, 11) is 3.98. The number of hydrogen-bond acceptors (Lipinski definition) is 2. The van der Waals surface area contributed by atoms with Crippen molar-refractivity contribution in [1.29, 1.82) is 0 Å². The second-order valence-corrected chi connectivity index (χ2v) is 4.22. The molecule has 0 bridgehead atoms. The van der Waals surface area contributed by atoms with E-state index in [4.69, 9.17) is 12.2 Å². The minimum atomic E-state index is 0.623. The third-order valence-corrected chi connectivity index (χ3v) is 3.58. The van der Waals surface area contributed by atoms with E-state index >= 15 is 0 Å². The number of likely N-dealkylation sites (tertiary alicyclic amines) is 1. The fourth-order valence-corrected chi connectivity index (χ4v) is 2.11. The zero-order valence-electron chi connectivity index (χ0n) is 9.42. The molecular formula is C10H21N3S. The first-order chi connectivity index (χ1) is 6.69. The molecule has 3 nitrogen and oxygen atoms in total. The van der Waals surface area contributed by atoms with Gasteiger partial charge in [0.2, 0.25) is 0 Å². The van der Waals surface area contributed by atoms with Crippen LogP contribution in [-0.2, 0) is 0 Å². The van der Waals surface area contributed by atoms with Crippen molar-refractivity contribution in [2.45, 2.75) is 25.8 Å². The highest BCUT2D eigenvalue weighted by Crippen LogP contribution is 2.14. The molecule has 0 amide bonds. The Morgan fingerprint density at radius 2 is 2.07 bits per heavy atom. The van der Waals surface area contributed by atoms with Crippen molar-refractivity contribution < 1.29 is 0 Å². The van der Waals surface area contributed by atoms with Crippen molar-refractivity contribution in [2.24, 2.45) is 0 Å². The van der Waals surface area contributed by atoms with Gasteiger partial charge in [-0.15, -0.1) is 0 Å². The smallest absolute Gasteiger partial charge is 0.168 e. The lowest BCUT2D eigenvalue weighted by Gasteiger charge is -2.37. The number of nitrogens with zero attached hydrogens (tertiary/aromatic N) is 2. The van der Waals surface area contributed by atoms with Gasteiger partial charge in [0.25, 0.3) is 0 Å². The Kier molecular flexibility index (Phi) is 4.62. The molecule has 0 aromatic heterocycles. The van der Waals surface area contributed by atoms with Crippen LogP contribution in [0.3, 0.4) is 0 Å². The molecule has 82 valence electrons. The number of piperidine rings is 1. The number of rotatable bonds is 2. The average Bonchev–Trinajstić information content (AvgIpc) is 2.27.